The van der Waals surface area contributed by atoms with Gasteiger partial charge in [-0.25, -0.2) is 18.1 Å². The molecule has 146 valence electrons. The molecule has 0 aliphatic heterocycles. The van der Waals surface area contributed by atoms with E-state index in [1.54, 1.807) is 18.2 Å². The zero-order valence-electron chi connectivity index (χ0n) is 15.4. The van der Waals surface area contributed by atoms with Crippen LogP contribution in [0.5, 0.6) is 0 Å². The van der Waals surface area contributed by atoms with E-state index < -0.39 is 10.0 Å². The highest BCUT2D eigenvalue weighted by atomic mass is 32.2. The first-order chi connectivity index (χ1) is 13.0. The molecule has 0 unspecified atom stereocenters. The molecule has 4 N–H and O–H groups in total. The second-order valence-electron chi connectivity index (χ2n) is 5.90. The van der Waals surface area contributed by atoms with Crippen LogP contribution in [0.2, 0.25) is 0 Å². The lowest BCUT2D eigenvalue weighted by atomic mass is 10.1. The molecule has 7 nitrogen and oxygen atoms in total. The number of aliphatic imine (C=N–C) groups is 1. The van der Waals surface area contributed by atoms with Gasteiger partial charge < -0.3 is 15.8 Å². The Kier molecular flexibility index (Phi) is 8.25. The molecular formula is C19H26N4O3S. The van der Waals surface area contributed by atoms with Crippen LogP contribution in [0.1, 0.15) is 11.1 Å². The summed E-state index contributed by atoms with van der Waals surface area (Å²) < 4.78 is 31.8. The maximum absolute atomic E-state index is 12.2. The first kappa shape index (κ1) is 20.9. The molecule has 0 radical (unpaired) electrons. The number of nitrogens with two attached hydrogens (primary N) is 1. The van der Waals surface area contributed by atoms with Crippen LogP contribution in [0.25, 0.3) is 0 Å². The van der Waals surface area contributed by atoms with Gasteiger partial charge in [-0.05, 0) is 29.7 Å². The lowest BCUT2D eigenvalue weighted by molar-refractivity contribution is 0.204. The summed E-state index contributed by atoms with van der Waals surface area (Å²) in [5.41, 5.74) is 7.87. The molecule has 27 heavy (non-hydrogen) atoms. The second-order valence-corrected chi connectivity index (χ2v) is 7.67. The monoisotopic (exact) mass is 390 g/mol. The van der Waals surface area contributed by atoms with Crippen LogP contribution in [-0.2, 0) is 27.7 Å². The van der Waals surface area contributed by atoms with Crippen molar-refractivity contribution in [1.29, 1.82) is 0 Å². The Hall–Kier alpha value is -2.42. The Morgan fingerprint density at radius 2 is 1.81 bits per heavy atom. The van der Waals surface area contributed by atoms with E-state index in [1.165, 1.54) is 12.7 Å². The highest BCUT2D eigenvalue weighted by Gasteiger charge is 2.13. The number of hydrogen-bond donors (Lipinski definition) is 3. The molecule has 8 heteroatoms. The fraction of sp³-hybridized carbons (Fsp3) is 0.316. The number of rotatable bonds is 10. The highest BCUT2D eigenvalue weighted by molar-refractivity contribution is 7.89. The van der Waals surface area contributed by atoms with Gasteiger partial charge in [0, 0.05) is 20.2 Å². The van der Waals surface area contributed by atoms with Crippen LogP contribution in [0, 0.1) is 0 Å². The lowest BCUT2D eigenvalue weighted by Crippen LogP contribution is -2.33. The van der Waals surface area contributed by atoms with Gasteiger partial charge in [0.1, 0.15) is 0 Å². The van der Waals surface area contributed by atoms with Crippen molar-refractivity contribution in [2.75, 3.05) is 26.8 Å². The van der Waals surface area contributed by atoms with Crippen LogP contribution in [0.4, 0.5) is 0 Å². The van der Waals surface area contributed by atoms with E-state index in [4.69, 9.17) is 10.5 Å². The topological polar surface area (TPSA) is 106 Å². The summed E-state index contributed by atoms with van der Waals surface area (Å²) in [4.78, 5) is 4.47. The van der Waals surface area contributed by atoms with Gasteiger partial charge in [0.05, 0.1) is 18.0 Å². The number of guanidine groups is 1. The van der Waals surface area contributed by atoms with Gasteiger partial charge in [-0.3, -0.25) is 0 Å². The summed E-state index contributed by atoms with van der Waals surface area (Å²) in [7, 11) is -2.04. The van der Waals surface area contributed by atoms with Gasteiger partial charge in [-0.15, -0.1) is 0 Å². The Balaban J connectivity index is 1.88. The number of ether oxygens (including phenoxy) is 1. The molecule has 2 aromatic carbocycles. The van der Waals surface area contributed by atoms with Gasteiger partial charge >= 0.3 is 0 Å². The third-order valence-corrected chi connectivity index (χ3v) is 5.26. The molecule has 0 spiro atoms. The lowest BCUT2D eigenvalue weighted by Gasteiger charge is -2.08. The smallest absolute Gasteiger partial charge is 0.240 e. The number of hydrogen-bond acceptors (Lipinski definition) is 4. The molecule has 2 rings (SSSR count). The van der Waals surface area contributed by atoms with E-state index >= 15 is 0 Å². The van der Waals surface area contributed by atoms with E-state index in [9.17, 15) is 8.42 Å². The van der Waals surface area contributed by atoms with Crippen molar-refractivity contribution in [2.24, 2.45) is 10.7 Å². The van der Waals surface area contributed by atoms with Crippen molar-refractivity contribution in [3.05, 3.63) is 65.7 Å². The highest BCUT2D eigenvalue weighted by Crippen LogP contribution is 2.12. The van der Waals surface area contributed by atoms with E-state index in [1.807, 2.05) is 24.3 Å². The van der Waals surface area contributed by atoms with E-state index in [0.29, 0.717) is 25.7 Å². The van der Waals surface area contributed by atoms with Crippen molar-refractivity contribution < 1.29 is 13.2 Å². The normalized spacial score (nSPS) is 12.1. The number of benzene rings is 2. The van der Waals surface area contributed by atoms with Crippen molar-refractivity contribution in [1.82, 2.24) is 10.0 Å². The van der Waals surface area contributed by atoms with E-state index in [-0.39, 0.29) is 11.4 Å². The maximum atomic E-state index is 12.2. The van der Waals surface area contributed by atoms with Gasteiger partial charge in [0.2, 0.25) is 10.0 Å². The Morgan fingerprint density at radius 1 is 1.07 bits per heavy atom. The van der Waals surface area contributed by atoms with Crippen molar-refractivity contribution >= 4 is 16.0 Å². The molecule has 2 aromatic rings. The number of methoxy groups -OCH3 is 1. The third-order valence-electron chi connectivity index (χ3n) is 3.80. The summed E-state index contributed by atoms with van der Waals surface area (Å²) in [6, 6.07) is 16.7. The van der Waals surface area contributed by atoms with Gasteiger partial charge in [0.25, 0.3) is 0 Å². The number of nitrogens with one attached hydrogen (secondary N) is 2. The summed E-state index contributed by atoms with van der Waals surface area (Å²) in [6.45, 7) is 1.51. The predicted octanol–water partition coefficient (Wildman–Crippen LogP) is 1.26. The minimum atomic E-state index is -3.56. The number of nitrogens with zero attached hydrogens (tertiary/aromatic N) is 1. The Morgan fingerprint density at radius 3 is 2.56 bits per heavy atom. The molecule has 0 saturated carbocycles. The quantitative estimate of drug-likeness (QED) is 0.322. The second kappa shape index (κ2) is 10.7. The fourth-order valence-corrected chi connectivity index (χ4v) is 3.47. The minimum absolute atomic E-state index is 0.196. The van der Waals surface area contributed by atoms with Gasteiger partial charge in [0.15, 0.2) is 5.96 Å². The minimum Gasteiger partial charge on any atom is -0.383 e. The first-order valence-electron chi connectivity index (χ1n) is 8.66. The first-order valence-corrected chi connectivity index (χ1v) is 10.1. The molecule has 0 heterocycles. The molecular weight excluding hydrogens is 364 g/mol. The van der Waals surface area contributed by atoms with Crippen molar-refractivity contribution in [3.63, 3.8) is 0 Å². The summed E-state index contributed by atoms with van der Waals surface area (Å²) in [5.74, 6) is 0.331. The van der Waals surface area contributed by atoms with Crippen LogP contribution in [-0.4, -0.2) is 41.2 Å². The van der Waals surface area contributed by atoms with Crippen LogP contribution < -0.4 is 15.8 Å². The molecule has 0 fully saturated rings. The standard InChI is InChI=1S/C19H26N4O3S/c1-26-13-12-23-27(24,25)18-9-5-8-17(14-18)15-22-19(20)21-11-10-16-6-3-2-4-7-16/h2-9,14,23H,10-13,15H2,1H3,(H3,20,21,22). The molecule has 0 saturated heterocycles. The zero-order valence-corrected chi connectivity index (χ0v) is 16.2. The van der Waals surface area contributed by atoms with Crippen molar-refractivity contribution in [2.45, 2.75) is 17.9 Å². The molecule has 0 aliphatic carbocycles. The largest absolute Gasteiger partial charge is 0.383 e. The maximum Gasteiger partial charge on any atom is 0.240 e. The average Bonchev–Trinajstić information content (AvgIpc) is 2.67. The SMILES string of the molecule is COCCNS(=O)(=O)c1cccc(CN=C(N)NCCc2ccccc2)c1. The zero-order chi connectivity index (χ0) is 19.5. The van der Waals surface area contributed by atoms with Gasteiger partial charge in [-0.1, -0.05) is 42.5 Å². The summed E-state index contributed by atoms with van der Waals surface area (Å²) >= 11 is 0. The van der Waals surface area contributed by atoms with Crippen LogP contribution in [0.3, 0.4) is 0 Å². The van der Waals surface area contributed by atoms with Crippen molar-refractivity contribution in [3.8, 4) is 0 Å². The molecule has 0 aromatic heterocycles. The summed E-state index contributed by atoms with van der Waals surface area (Å²) in [5, 5.41) is 3.06. The Labute approximate surface area is 160 Å². The fourth-order valence-electron chi connectivity index (χ4n) is 2.38. The van der Waals surface area contributed by atoms with Crippen LogP contribution in [0.15, 0.2) is 64.5 Å². The summed E-state index contributed by atoms with van der Waals surface area (Å²) in [6.07, 6.45) is 0.845. The average molecular weight is 391 g/mol. The van der Waals surface area contributed by atoms with E-state index in [0.717, 1.165) is 12.0 Å². The Bertz CT molecular complexity index is 839. The van der Waals surface area contributed by atoms with Crippen LogP contribution >= 0.6 is 0 Å². The third kappa shape index (κ3) is 7.38. The van der Waals surface area contributed by atoms with E-state index in [2.05, 4.69) is 27.2 Å². The molecule has 0 amide bonds. The van der Waals surface area contributed by atoms with Gasteiger partial charge in [-0.2, -0.15) is 0 Å². The molecule has 0 aliphatic rings. The predicted molar refractivity (Wildman–Crippen MR) is 107 cm³/mol. The number of sulfonamides is 1. The molecule has 0 bridgehead atoms. The molecule has 0 atom stereocenters.